The van der Waals surface area contributed by atoms with Crippen molar-refractivity contribution in [2.24, 2.45) is 0 Å². The van der Waals surface area contributed by atoms with Crippen LogP contribution in [-0.2, 0) is 26.1 Å². The highest BCUT2D eigenvalue weighted by Gasteiger charge is 2.42. The van der Waals surface area contributed by atoms with Crippen molar-refractivity contribution < 1.29 is 27.5 Å². The molecule has 1 aliphatic rings. The Morgan fingerprint density at radius 2 is 1.43 bits per heavy atom. The lowest BCUT2D eigenvalue weighted by Crippen LogP contribution is -2.50. The molecule has 4 aromatic rings. The zero-order valence-corrected chi connectivity index (χ0v) is 23.0. The average Bonchev–Trinajstić information content (AvgIpc) is 3.16. The number of carbonyl (C=O) groups is 2. The number of amides is 1. The van der Waals surface area contributed by atoms with Gasteiger partial charge in [-0.05, 0) is 72.3 Å². The van der Waals surface area contributed by atoms with Gasteiger partial charge in [0.05, 0.1) is 18.6 Å². The Balaban J connectivity index is 1.50. The number of benzene rings is 4. The Kier molecular flexibility index (Phi) is 7.88. The third-order valence-corrected chi connectivity index (χ3v) is 8.65. The number of anilines is 1. The smallest absolute Gasteiger partial charge is 0.326 e. The summed E-state index contributed by atoms with van der Waals surface area (Å²) in [5, 5.41) is 0.567. The van der Waals surface area contributed by atoms with E-state index in [2.05, 4.69) is 0 Å². The minimum atomic E-state index is -4.22. The van der Waals surface area contributed by atoms with Crippen LogP contribution >= 0.6 is 11.6 Å². The highest BCUT2D eigenvalue weighted by Crippen LogP contribution is 2.33. The van der Waals surface area contributed by atoms with E-state index in [1.807, 2.05) is 0 Å². The van der Waals surface area contributed by atoms with Crippen molar-refractivity contribution in [3.05, 3.63) is 119 Å². The molecule has 4 aromatic carbocycles. The van der Waals surface area contributed by atoms with E-state index in [4.69, 9.17) is 21.1 Å². The van der Waals surface area contributed by atoms with E-state index in [0.717, 1.165) is 4.31 Å². The van der Waals surface area contributed by atoms with Gasteiger partial charge >= 0.3 is 5.97 Å². The SMILES string of the molecule is COC(=O)C1CN(C(=O)c2ccccc2)c2ccccc2CN1S(=O)(=O)c1ccc(Oc2ccc(Cl)cc2)cc1. The number of para-hydroxylation sites is 1. The Morgan fingerprint density at radius 3 is 2.08 bits per heavy atom. The van der Waals surface area contributed by atoms with Gasteiger partial charge in [-0.15, -0.1) is 0 Å². The first-order chi connectivity index (χ1) is 19.3. The number of carbonyl (C=O) groups excluding carboxylic acids is 2. The van der Waals surface area contributed by atoms with Gasteiger partial charge in [-0.1, -0.05) is 48.0 Å². The molecule has 10 heteroatoms. The second kappa shape index (κ2) is 11.5. The van der Waals surface area contributed by atoms with Crippen LogP contribution in [0.3, 0.4) is 0 Å². The van der Waals surface area contributed by atoms with Gasteiger partial charge in [0, 0.05) is 22.8 Å². The number of rotatable bonds is 6. The molecule has 1 heterocycles. The van der Waals surface area contributed by atoms with Gasteiger partial charge in [-0.25, -0.2) is 8.42 Å². The lowest BCUT2D eigenvalue weighted by atomic mass is 10.1. The van der Waals surface area contributed by atoms with E-state index >= 15 is 0 Å². The number of sulfonamides is 1. The molecule has 5 rings (SSSR count). The molecule has 0 aliphatic carbocycles. The van der Waals surface area contributed by atoms with Crippen LogP contribution < -0.4 is 9.64 Å². The van der Waals surface area contributed by atoms with Gasteiger partial charge in [-0.2, -0.15) is 4.31 Å². The van der Waals surface area contributed by atoms with E-state index in [0.29, 0.717) is 33.3 Å². The maximum atomic E-state index is 14.0. The van der Waals surface area contributed by atoms with Crippen molar-refractivity contribution in [3.8, 4) is 11.5 Å². The van der Waals surface area contributed by atoms with Crippen molar-refractivity contribution in [2.75, 3.05) is 18.6 Å². The number of methoxy groups -OCH3 is 1. The number of fused-ring (bicyclic) bond motifs is 1. The zero-order chi connectivity index (χ0) is 28.3. The van der Waals surface area contributed by atoms with Crippen LogP contribution in [0.25, 0.3) is 0 Å². The molecule has 1 amide bonds. The number of esters is 1. The predicted molar refractivity (Wildman–Crippen MR) is 151 cm³/mol. The summed E-state index contributed by atoms with van der Waals surface area (Å²) in [6.45, 7) is -0.367. The van der Waals surface area contributed by atoms with Crippen LogP contribution in [0.5, 0.6) is 11.5 Å². The summed E-state index contributed by atoms with van der Waals surface area (Å²) in [6.07, 6.45) is 0. The summed E-state index contributed by atoms with van der Waals surface area (Å²) < 4.78 is 39.9. The molecule has 0 radical (unpaired) electrons. The second-order valence-corrected chi connectivity index (χ2v) is 11.4. The fraction of sp³-hybridized carbons (Fsp3) is 0.133. The van der Waals surface area contributed by atoms with Crippen LogP contribution in [0, 0.1) is 0 Å². The van der Waals surface area contributed by atoms with Crippen LogP contribution in [0.15, 0.2) is 108 Å². The van der Waals surface area contributed by atoms with E-state index in [1.165, 1.54) is 36.3 Å². The first-order valence-corrected chi connectivity index (χ1v) is 14.2. The van der Waals surface area contributed by atoms with Crippen LogP contribution in [0.1, 0.15) is 15.9 Å². The zero-order valence-electron chi connectivity index (χ0n) is 21.4. The Morgan fingerprint density at radius 1 is 0.825 bits per heavy atom. The molecular weight excluding hydrogens is 552 g/mol. The Labute approximate surface area is 237 Å². The predicted octanol–water partition coefficient (Wildman–Crippen LogP) is 5.53. The number of hydrogen-bond donors (Lipinski definition) is 0. The van der Waals surface area contributed by atoms with Gasteiger partial charge in [0.1, 0.15) is 17.5 Å². The molecule has 1 unspecified atom stereocenters. The van der Waals surface area contributed by atoms with E-state index in [9.17, 15) is 18.0 Å². The highest BCUT2D eigenvalue weighted by molar-refractivity contribution is 7.89. The first kappa shape index (κ1) is 27.4. The average molecular weight is 577 g/mol. The number of hydrogen-bond acceptors (Lipinski definition) is 6. The van der Waals surface area contributed by atoms with Gasteiger partial charge < -0.3 is 14.4 Å². The molecule has 204 valence electrons. The summed E-state index contributed by atoms with van der Waals surface area (Å²) in [5.41, 5.74) is 1.51. The molecule has 0 bridgehead atoms. The van der Waals surface area contributed by atoms with E-state index in [1.54, 1.807) is 78.9 Å². The van der Waals surface area contributed by atoms with Crippen LogP contribution in [0.2, 0.25) is 5.02 Å². The molecule has 0 saturated carbocycles. The van der Waals surface area contributed by atoms with E-state index < -0.39 is 22.0 Å². The molecule has 1 aliphatic heterocycles. The summed E-state index contributed by atoms with van der Waals surface area (Å²) in [4.78, 5) is 28.0. The third kappa shape index (κ3) is 5.58. The fourth-order valence-electron chi connectivity index (χ4n) is 4.51. The van der Waals surface area contributed by atoms with Gasteiger partial charge in [0.2, 0.25) is 10.0 Å². The van der Waals surface area contributed by atoms with Crippen molar-refractivity contribution in [1.82, 2.24) is 4.31 Å². The van der Waals surface area contributed by atoms with Gasteiger partial charge in [0.15, 0.2) is 0 Å². The van der Waals surface area contributed by atoms with Crippen LogP contribution in [0.4, 0.5) is 5.69 Å². The molecule has 0 spiro atoms. The molecule has 0 aromatic heterocycles. The normalized spacial score (nSPS) is 15.6. The molecule has 8 nitrogen and oxygen atoms in total. The summed E-state index contributed by atoms with van der Waals surface area (Å²) in [5.74, 6) is -0.167. The third-order valence-electron chi connectivity index (χ3n) is 6.53. The van der Waals surface area contributed by atoms with Gasteiger partial charge in [-0.3, -0.25) is 9.59 Å². The Hall–Kier alpha value is -4.18. The molecule has 0 saturated heterocycles. The number of ether oxygens (including phenoxy) is 2. The lowest BCUT2D eigenvalue weighted by molar-refractivity contribution is -0.144. The van der Waals surface area contributed by atoms with Crippen molar-refractivity contribution in [2.45, 2.75) is 17.5 Å². The Bertz CT molecular complexity index is 1630. The van der Waals surface area contributed by atoms with Crippen molar-refractivity contribution in [1.29, 1.82) is 0 Å². The molecule has 40 heavy (non-hydrogen) atoms. The fourth-order valence-corrected chi connectivity index (χ4v) is 6.19. The number of nitrogens with zero attached hydrogens (tertiary/aromatic N) is 2. The van der Waals surface area contributed by atoms with Gasteiger partial charge in [0.25, 0.3) is 5.91 Å². The summed E-state index contributed by atoms with van der Waals surface area (Å²) in [6, 6.07) is 27.0. The maximum absolute atomic E-state index is 14.0. The molecule has 1 atom stereocenters. The maximum Gasteiger partial charge on any atom is 0.326 e. The first-order valence-electron chi connectivity index (χ1n) is 12.4. The molecular formula is C30H25ClN2O6S. The minimum Gasteiger partial charge on any atom is -0.468 e. The largest absolute Gasteiger partial charge is 0.468 e. The van der Waals surface area contributed by atoms with Crippen molar-refractivity contribution in [3.63, 3.8) is 0 Å². The standard InChI is InChI=1S/C30H25ClN2O6S/c1-38-30(35)28-20-32(29(34)21-7-3-2-4-8-21)27-10-6-5-9-22(27)19-33(28)40(36,37)26-17-15-25(16-18-26)39-24-13-11-23(31)12-14-24/h2-18,28H,19-20H2,1H3. The van der Waals surface area contributed by atoms with E-state index in [-0.39, 0.29) is 23.9 Å². The number of halogens is 1. The molecule has 0 fully saturated rings. The second-order valence-electron chi connectivity index (χ2n) is 9.03. The monoisotopic (exact) mass is 576 g/mol. The highest BCUT2D eigenvalue weighted by atomic mass is 35.5. The topological polar surface area (TPSA) is 93.2 Å². The molecule has 0 N–H and O–H groups in total. The summed E-state index contributed by atoms with van der Waals surface area (Å²) >= 11 is 5.92. The lowest BCUT2D eigenvalue weighted by Gasteiger charge is -2.29. The summed E-state index contributed by atoms with van der Waals surface area (Å²) in [7, 11) is -3.03. The van der Waals surface area contributed by atoms with Crippen LogP contribution in [-0.4, -0.2) is 44.3 Å². The quantitative estimate of drug-likeness (QED) is 0.280. The minimum absolute atomic E-state index is 0.0369. The van der Waals surface area contributed by atoms with Crippen molar-refractivity contribution >= 4 is 39.2 Å².